The molecule has 2 nitrogen and oxygen atoms in total. The van der Waals surface area contributed by atoms with Crippen LogP contribution >= 0.6 is 0 Å². The lowest BCUT2D eigenvalue weighted by molar-refractivity contribution is -0.118. The fourth-order valence-corrected chi connectivity index (χ4v) is 2.02. The van der Waals surface area contributed by atoms with Crippen LogP contribution in [0.25, 0.3) is 0 Å². The highest BCUT2D eigenvalue weighted by atomic mass is 16.1. The molecule has 0 saturated carbocycles. The number of rotatable bonds is 12. The van der Waals surface area contributed by atoms with Gasteiger partial charge in [-0.3, -0.25) is 4.79 Å². The first kappa shape index (κ1) is 17.4. The predicted octanol–water partition coefficient (Wildman–Crippen LogP) is 4.38. The Morgan fingerprint density at radius 3 is 2.22 bits per heavy atom. The fourth-order valence-electron chi connectivity index (χ4n) is 2.02. The largest absolute Gasteiger partial charge is 0.322 e. The number of unbranched alkanes of at least 4 members (excludes halogenated alkanes) is 5. The molecule has 0 aromatic carbocycles. The lowest BCUT2D eigenvalue weighted by atomic mass is 10.0. The van der Waals surface area contributed by atoms with Crippen molar-refractivity contribution in [3.8, 4) is 0 Å². The Kier molecular flexibility index (Phi) is 11.1. The lowest BCUT2D eigenvalue weighted by Gasteiger charge is -2.07. The topological polar surface area (TPSA) is 43.1 Å². The monoisotopic (exact) mass is 253 g/mol. The molecule has 1 atom stereocenters. The van der Waals surface area contributed by atoms with Crippen LogP contribution in [0.5, 0.6) is 0 Å². The minimum Gasteiger partial charge on any atom is -0.322 e. The third-order valence-electron chi connectivity index (χ3n) is 3.45. The second-order valence-corrected chi connectivity index (χ2v) is 5.38. The van der Waals surface area contributed by atoms with Crippen LogP contribution in [-0.4, -0.2) is 11.8 Å². The van der Waals surface area contributed by atoms with Gasteiger partial charge < -0.3 is 5.73 Å². The van der Waals surface area contributed by atoms with E-state index in [0.29, 0.717) is 0 Å². The second kappa shape index (κ2) is 11.5. The van der Waals surface area contributed by atoms with Crippen LogP contribution in [-0.2, 0) is 4.79 Å². The number of ketones is 1. The molecule has 0 rings (SSSR count). The van der Waals surface area contributed by atoms with Crippen LogP contribution in [0, 0.1) is 0 Å². The fraction of sp³-hybridized carbons (Fsp3) is 0.812. The van der Waals surface area contributed by atoms with Gasteiger partial charge in [-0.2, -0.15) is 0 Å². The first-order chi connectivity index (χ1) is 8.57. The van der Waals surface area contributed by atoms with E-state index in [2.05, 4.69) is 13.5 Å². The van der Waals surface area contributed by atoms with Gasteiger partial charge in [-0.25, -0.2) is 0 Å². The van der Waals surface area contributed by atoms with E-state index in [-0.39, 0.29) is 11.8 Å². The van der Waals surface area contributed by atoms with Crippen LogP contribution in [0.1, 0.15) is 78.1 Å². The highest BCUT2D eigenvalue weighted by Gasteiger charge is 2.06. The molecule has 0 saturated heterocycles. The maximum Gasteiger partial charge on any atom is 0.146 e. The minimum atomic E-state index is -0.237. The highest BCUT2D eigenvalue weighted by Crippen LogP contribution is 2.15. The Balaban J connectivity index is 3.26. The van der Waals surface area contributed by atoms with E-state index in [9.17, 15) is 4.79 Å². The molecule has 2 N–H and O–H groups in total. The predicted molar refractivity (Wildman–Crippen MR) is 79.6 cm³/mol. The van der Waals surface area contributed by atoms with Gasteiger partial charge in [-0.15, -0.1) is 0 Å². The van der Waals surface area contributed by atoms with E-state index < -0.39 is 0 Å². The number of carbonyl (C=O) groups excluding carboxylic acids is 1. The van der Waals surface area contributed by atoms with Gasteiger partial charge in [0.2, 0.25) is 0 Å². The second-order valence-electron chi connectivity index (χ2n) is 5.38. The molecule has 0 bridgehead atoms. The van der Waals surface area contributed by atoms with Crippen LogP contribution in [0.4, 0.5) is 0 Å². The summed E-state index contributed by atoms with van der Waals surface area (Å²) >= 11 is 0. The van der Waals surface area contributed by atoms with Crippen molar-refractivity contribution in [2.45, 2.75) is 84.1 Å². The molecule has 0 aromatic rings. The number of hydrogen-bond donors (Lipinski definition) is 1. The molecular weight excluding hydrogens is 222 g/mol. The van der Waals surface area contributed by atoms with E-state index in [1.54, 1.807) is 6.92 Å². The number of nitrogens with two attached hydrogens (primary N) is 1. The van der Waals surface area contributed by atoms with Crippen LogP contribution in [0.15, 0.2) is 12.2 Å². The Morgan fingerprint density at radius 2 is 1.61 bits per heavy atom. The molecular formula is C16H31NO. The zero-order valence-corrected chi connectivity index (χ0v) is 12.3. The van der Waals surface area contributed by atoms with Crippen molar-refractivity contribution in [3.63, 3.8) is 0 Å². The van der Waals surface area contributed by atoms with Crippen LogP contribution in [0.2, 0.25) is 0 Å². The molecule has 2 heteroatoms. The van der Waals surface area contributed by atoms with E-state index in [0.717, 1.165) is 12.8 Å². The molecule has 0 aliphatic heterocycles. The lowest BCUT2D eigenvalue weighted by Crippen LogP contribution is -2.27. The average molecular weight is 253 g/mol. The minimum absolute atomic E-state index is 0.113. The smallest absolute Gasteiger partial charge is 0.146 e. The number of Topliss-reactive ketones (excluding diaryl/α,β-unsaturated/α-hetero) is 1. The summed E-state index contributed by atoms with van der Waals surface area (Å²) in [6.07, 6.45) is 11.8. The summed E-state index contributed by atoms with van der Waals surface area (Å²) < 4.78 is 0. The van der Waals surface area contributed by atoms with E-state index in [1.165, 1.54) is 56.9 Å². The molecule has 0 aliphatic rings. The molecule has 0 heterocycles. The van der Waals surface area contributed by atoms with Gasteiger partial charge in [-0.05, 0) is 39.0 Å². The summed E-state index contributed by atoms with van der Waals surface area (Å²) in [5.41, 5.74) is 7.09. The molecule has 18 heavy (non-hydrogen) atoms. The van der Waals surface area contributed by atoms with Gasteiger partial charge in [0, 0.05) is 0 Å². The molecule has 106 valence electrons. The van der Waals surface area contributed by atoms with E-state index in [1.807, 2.05) is 0 Å². The molecule has 0 aliphatic carbocycles. The van der Waals surface area contributed by atoms with E-state index >= 15 is 0 Å². The zero-order chi connectivity index (χ0) is 13.8. The Labute approximate surface area is 113 Å². The van der Waals surface area contributed by atoms with Gasteiger partial charge in [0.05, 0.1) is 6.04 Å². The van der Waals surface area contributed by atoms with Gasteiger partial charge in [0.1, 0.15) is 5.78 Å². The third-order valence-corrected chi connectivity index (χ3v) is 3.45. The molecule has 0 aromatic heterocycles. The van der Waals surface area contributed by atoms with Crippen molar-refractivity contribution in [1.29, 1.82) is 0 Å². The Hall–Kier alpha value is -0.630. The number of carbonyl (C=O) groups is 1. The van der Waals surface area contributed by atoms with Gasteiger partial charge >= 0.3 is 0 Å². The summed E-state index contributed by atoms with van der Waals surface area (Å²) in [6.45, 7) is 7.91. The van der Waals surface area contributed by atoms with Crippen molar-refractivity contribution in [3.05, 3.63) is 12.2 Å². The van der Waals surface area contributed by atoms with Gasteiger partial charge in [0.25, 0.3) is 0 Å². The van der Waals surface area contributed by atoms with Gasteiger partial charge in [-0.1, -0.05) is 51.2 Å². The van der Waals surface area contributed by atoms with Crippen molar-refractivity contribution < 1.29 is 4.79 Å². The third kappa shape index (κ3) is 10.5. The maximum absolute atomic E-state index is 10.9. The number of allylic oxidation sites excluding steroid dienone is 1. The maximum atomic E-state index is 10.9. The van der Waals surface area contributed by atoms with Crippen molar-refractivity contribution in [2.24, 2.45) is 5.73 Å². The molecule has 0 radical (unpaired) electrons. The van der Waals surface area contributed by atoms with E-state index in [4.69, 9.17) is 5.73 Å². The summed E-state index contributed by atoms with van der Waals surface area (Å²) in [5, 5.41) is 0. The summed E-state index contributed by atoms with van der Waals surface area (Å²) in [6, 6.07) is -0.237. The van der Waals surface area contributed by atoms with Crippen molar-refractivity contribution >= 4 is 5.78 Å². The summed E-state index contributed by atoms with van der Waals surface area (Å²) in [4.78, 5) is 10.9. The quantitative estimate of drug-likeness (QED) is 0.414. The van der Waals surface area contributed by atoms with Crippen molar-refractivity contribution in [1.82, 2.24) is 0 Å². The number of hydrogen-bond acceptors (Lipinski definition) is 2. The highest BCUT2D eigenvalue weighted by molar-refractivity contribution is 5.80. The van der Waals surface area contributed by atoms with Crippen LogP contribution < -0.4 is 5.73 Å². The normalized spacial score (nSPS) is 12.4. The summed E-state index contributed by atoms with van der Waals surface area (Å²) in [7, 11) is 0. The standard InChI is InChI=1S/C16H31NO/c1-4-5-11-14(2)12-9-7-6-8-10-13-16(17)15(3)18/h16H,2,4-13,17H2,1,3H3/t16-/m1/s1. The molecule has 0 fully saturated rings. The Bertz CT molecular complexity index is 235. The SMILES string of the molecule is C=C(CCCC)CCCCCCC[C@@H](N)C(C)=O. The summed E-state index contributed by atoms with van der Waals surface area (Å²) in [5.74, 6) is 0.113. The van der Waals surface area contributed by atoms with Crippen molar-refractivity contribution in [2.75, 3.05) is 0 Å². The Morgan fingerprint density at radius 1 is 1.06 bits per heavy atom. The average Bonchev–Trinajstić information content (AvgIpc) is 2.34. The first-order valence-corrected chi connectivity index (χ1v) is 7.50. The molecule has 0 spiro atoms. The molecule has 0 unspecified atom stereocenters. The van der Waals surface area contributed by atoms with Crippen LogP contribution in [0.3, 0.4) is 0 Å². The zero-order valence-electron chi connectivity index (χ0n) is 12.3. The first-order valence-electron chi connectivity index (χ1n) is 7.50. The molecule has 0 amide bonds. The van der Waals surface area contributed by atoms with Gasteiger partial charge in [0.15, 0.2) is 0 Å².